The molecular formula is C17H17N2O4+. The van der Waals surface area contributed by atoms with Crippen molar-refractivity contribution in [3.8, 4) is 11.5 Å². The van der Waals surface area contributed by atoms with E-state index in [2.05, 4.69) is 5.32 Å². The van der Waals surface area contributed by atoms with Crippen LogP contribution in [0.1, 0.15) is 16.8 Å². The molecular weight excluding hydrogens is 296 g/mol. The van der Waals surface area contributed by atoms with Crippen molar-refractivity contribution >= 4 is 11.6 Å². The number of benzene rings is 2. The summed E-state index contributed by atoms with van der Waals surface area (Å²) >= 11 is 0. The van der Waals surface area contributed by atoms with E-state index in [9.17, 15) is 9.70 Å². The topological polar surface area (TPSA) is 67.6 Å². The van der Waals surface area contributed by atoms with Gasteiger partial charge in [-0.25, -0.2) is 0 Å². The van der Waals surface area contributed by atoms with Crippen molar-refractivity contribution in [3.05, 3.63) is 59.0 Å². The number of nitrogens with one attached hydrogen (secondary N) is 1. The van der Waals surface area contributed by atoms with Gasteiger partial charge in [0, 0.05) is 29.1 Å². The minimum Gasteiger partial charge on any atom is -0.497 e. The van der Waals surface area contributed by atoms with Crippen molar-refractivity contribution in [1.29, 1.82) is 0 Å². The van der Waals surface area contributed by atoms with Crippen molar-refractivity contribution in [2.45, 2.75) is 12.6 Å². The molecule has 1 heterocycles. The maximum atomic E-state index is 12.2. The first-order chi connectivity index (χ1) is 11.2. The number of carbonyl (C=O) groups excluding carboxylic acids is 1. The summed E-state index contributed by atoms with van der Waals surface area (Å²) in [5.41, 5.74) is 1.07. The average molecular weight is 313 g/mol. The Hall–Kier alpha value is -2.89. The fourth-order valence-corrected chi connectivity index (χ4v) is 2.42. The molecule has 0 bridgehead atoms. The molecule has 3 rings (SSSR count). The monoisotopic (exact) mass is 313 g/mol. The quantitative estimate of drug-likeness (QED) is 0.862. The van der Waals surface area contributed by atoms with Crippen molar-refractivity contribution in [3.63, 3.8) is 0 Å². The number of rotatable bonds is 5. The highest BCUT2D eigenvalue weighted by Gasteiger charge is 2.40. The molecule has 0 radical (unpaired) electrons. The van der Waals surface area contributed by atoms with Crippen LogP contribution in [0.25, 0.3) is 0 Å². The molecule has 0 saturated heterocycles. The molecule has 0 aliphatic carbocycles. The van der Waals surface area contributed by atoms with Crippen molar-refractivity contribution < 1.29 is 19.0 Å². The Morgan fingerprint density at radius 3 is 2.78 bits per heavy atom. The molecule has 0 aromatic heterocycles. The predicted molar refractivity (Wildman–Crippen MR) is 84.1 cm³/mol. The fourth-order valence-electron chi connectivity index (χ4n) is 2.42. The number of hydrogen-bond donors (Lipinski definition) is 1. The second kappa shape index (κ2) is 6.48. The predicted octanol–water partition coefficient (Wildman–Crippen LogP) is 2.64. The Morgan fingerprint density at radius 1 is 1.26 bits per heavy atom. The summed E-state index contributed by atoms with van der Waals surface area (Å²) in [5.74, 6) is 0.967. The van der Waals surface area contributed by atoms with Crippen molar-refractivity contribution in [2.75, 3.05) is 13.7 Å². The van der Waals surface area contributed by atoms with Crippen LogP contribution in [0.5, 0.6) is 11.5 Å². The van der Waals surface area contributed by atoms with Gasteiger partial charge in [0.05, 0.1) is 18.3 Å². The first-order valence-corrected chi connectivity index (χ1v) is 7.33. The molecule has 1 atom stereocenters. The molecule has 1 N–H and O–H groups in total. The Bertz CT molecular complexity index is 731. The van der Waals surface area contributed by atoms with Gasteiger partial charge in [0.1, 0.15) is 5.75 Å². The number of methoxy groups -OCH3 is 1. The normalized spacial score (nSPS) is 15.7. The van der Waals surface area contributed by atoms with E-state index < -0.39 is 6.23 Å². The van der Waals surface area contributed by atoms with Gasteiger partial charge in [-0.3, -0.25) is 4.79 Å². The van der Waals surface area contributed by atoms with Crippen LogP contribution in [0, 0.1) is 4.91 Å². The van der Waals surface area contributed by atoms with Crippen molar-refractivity contribution in [1.82, 2.24) is 5.32 Å². The van der Waals surface area contributed by atoms with Crippen LogP contribution in [-0.4, -0.2) is 30.5 Å². The second-order valence-corrected chi connectivity index (χ2v) is 5.14. The Kier molecular flexibility index (Phi) is 4.23. The third kappa shape index (κ3) is 3.15. The van der Waals surface area contributed by atoms with Crippen LogP contribution in [0.4, 0.5) is 5.69 Å². The van der Waals surface area contributed by atoms with Gasteiger partial charge < -0.3 is 14.8 Å². The third-order valence-electron chi connectivity index (χ3n) is 3.64. The van der Waals surface area contributed by atoms with Gasteiger partial charge in [-0.2, -0.15) is 0 Å². The average Bonchev–Trinajstić information content (AvgIpc) is 2.91. The van der Waals surface area contributed by atoms with Crippen LogP contribution in [0.3, 0.4) is 0 Å². The van der Waals surface area contributed by atoms with Gasteiger partial charge in [-0.15, -0.1) is 0 Å². The lowest BCUT2D eigenvalue weighted by Gasteiger charge is -2.06. The lowest BCUT2D eigenvalue weighted by molar-refractivity contribution is -0.529. The number of nitroso groups, excluding NO2 is 1. The van der Waals surface area contributed by atoms with Crippen LogP contribution in [0.2, 0.25) is 0 Å². The van der Waals surface area contributed by atoms with E-state index in [1.807, 2.05) is 6.07 Å². The van der Waals surface area contributed by atoms with E-state index in [4.69, 9.17) is 9.47 Å². The second-order valence-electron chi connectivity index (χ2n) is 5.14. The van der Waals surface area contributed by atoms with E-state index in [1.54, 1.807) is 49.6 Å². The summed E-state index contributed by atoms with van der Waals surface area (Å²) in [5, 5.41) is 2.79. The molecule has 1 amide bonds. The lowest BCUT2D eigenvalue weighted by Crippen LogP contribution is -2.30. The van der Waals surface area contributed by atoms with Gasteiger partial charge in [-0.1, -0.05) is 18.2 Å². The number of fused-ring (bicyclic) bond motifs is 1. The van der Waals surface area contributed by atoms with Crippen LogP contribution >= 0.6 is 0 Å². The van der Waals surface area contributed by atoms with Crippen LogP contribution < -0.4 is 14.8 Å². The van der Waals surface area contributed by atoms with Gasteiger partial charge >= 0.3 is 11.9 Å². The van der Waals surface area contributed by atoms with Crippen LogP contribution in [-0.2, 0) is 0 Å². The SMILES string of the molecule is COc1ccc2c(c1)OC(CCNC(=O)c1ccccc1)[N+]2=O. The Labute approximate surface area is 133 Å². The van der Waals surface area contributed by atoms with E-state index in [-0.39, 0.29) is 5.91 Å². The van der Waals surface area contributed by atoms with E-state index in [1.165, 1.54) is 0 Å². The molecule has 0 fully saturated rings. The molecule has 2 aromatic carbocycles. The molecule has 6 heteroatoms. The van der Waals surface area contributed by atoms with Gasteiger partial charge in [0.15, 0.2) is 0 Å². The highest BCUT2D eigenvalue weighted by Crippen LogP contribution is 2.38. The van der Waals surface area contributed by atoms with Crippen LogP contribution in [0.15, 0.2) is 48.5 Å². The van der Waals surface area contributed by atoms with Gasteiger partial charge in [0.2, 0.25) is 5.75 Å². The number of nitrogens with zero attached hydrogens (tertiary/aromatic N) is 1. The summed E-state index contributed by atoms with van der Waals surface area (Å²) in [6.07, 6.45) is -0.257. The molecule has 118 valence electrons. The maximum Gasteiger partial charge on any atom is 0.352 e. The minimum absolute atomic E-state index is 0.166. The highest BCUT2D eigenvalue weighted by molar-refractivity contribution is 5.94. The van der Waals surface area contributed by atoms with Gasteiger partial charge in [-0.05, 0) is 18.2 Å². The molecule has 1 aliphatic heterocycles. The molecule has 0 spiro atoms. The van der Waals surface area contributed by atoms with E-state index in [0.29, 0.717) is 35.7 Å². The zero-order valence-corrected chi connectivity index (χ0v) is 12.7. The van der Waals surface area contributed by atoms with E-state index >= 15 is 0 Å². The summed E-state index contributed by atoms with van der Waals surface area (Å²) < 4.78 is 11.6. The molecule has 2 aromatic rings. The smallest absolute Gasteiger partial charge is 0.352 e. The molecule has 6 nitrogen and oxygen atoms in total. The highest BCUT2D eigenvalue weighted by atomic mass is 16.5. The number of hydrogen-bond acceptors (Lipinski definition) is 4. The first-order valence-electron chi connectivity index (χ1n) is 7.33. The molecule has 1 unspecified atom stereocenters. The summed E-state index contributed by atoms with van der Waals surface area (Å²) in [6.45, 7) is 0.349. The molecule has 1 aliphatic rings. The number of amides is 1. The minimum atomic E-state index is -0.645. The summed E-state index contributed by atoms with van der Waals surface area (Å²) in [7, 11) is 1.56. The standard InChI is InChI=1S/C17H16N2O4/c1-22-13-7-8-14-15(11-13)23-16(19(14)21)9-10-18-17(20)12-5-3-2-4-6-12/h2-8,11,16H,9-10H2,1H3/p+1. The lowest BCUT2D eigenvalue weighted by atomic mass is 10.2. The van der Waals surface area contributed by atoms with Gasteiger partial charge in [0.25, 0.3) is 5.91 Å². The number of ether oxygens (including phenoxy) is 2. The Balaban J connectivity index is 1.56. The maximum absolute atomic E-state index is 12.2. The number of carbonyl (C=O) groups is 1. The summed E-state index contributed by atoms with van der Waals surface area (Å²) in [4.78, 5) is 24.1. The Morgan fingerprint density at radius 2 is 2.04 bits per heavy atom. The zero-order chi connectivity index (χ0) is 16.2. The zero-order valence-electron chi connectivity index (χ0n) is 12.7. The first kappa shape index (κ1) is 15.0. The fraction of sp³-hybridized carbons (Fsp3) is 0.235. The van der Waals surface area contributed by atoms with Crippen molar-refractivity contribution in [2.24, 2.45) is 0 Å². The van der Waals surface area contributed by atoms with E-state index in [0.717, 1.165) is 4.76 Å². The third-order valence-corrected chi connectivity index (χ3v) is 3.64. The molecule has 0 saturated carbocycles. The molecule has 23 heavy (non-hydrogen) atoms. The summed E-state index contributed by atoms with van der Waals surface area (Å²) in [6, 6.07) is 14.0. The largest absolute Gasteiger partial charge is 0.497 e.